The Bertz CT molecular complexity index is 1110. The summed E-state index contributed by atoms with van der Waals surface area (Å²) in [6.07, 6.45) is 6.48. The van der Waals surface area contributed by atoms with Crippen LogP contribution < -0.4 is 10.1 Å². The lowest BCUT2D eigenvalue weighted by atomic mass is 9.76. The van der Waals surface area contributed by atoms with Crippen LogP contribution in [0.1, 0.15) is 30.1 Å². The van der Waals surface area contributed by atoms with Gasteiger partial charge in [-0.15, -0.1) is 0 Å². The fourth-order valence-electron chi connectivity index (χ4n) is 3.63. The quantitative estimate of drug-likeness (QED) is 0.570. The minimum Gasteiger partial charge on any atom is -0.495 e. The molecule has 0 radical (unpaired) electrons. The molecule has 1 aliphatic heterocycles. The normalized spacial score (nSPS) is 15.5. The minimum atomic E-state index is -0.421. The van der Waals surface area contributed by atoms with E-state index in [-0.39, 0.29) is 5.78 Å². The van der Waals surface area contributed by atoms with Crippen LogP contribution in [-0.2, 0) is 11.8 Å². The average Bonchev–Trinajstić information content (AvgIpc) is 3.21. The number of aromatic nitrogens is 4. The first-order chi connectivity index (χ1) is 14.9. The molecule has 0 unspecified atom stereocenters. The van der Waals surface area contributed by atoms with Crippen molar-refractivity contribution < 1.29 is 14.3 Å². The van der Waals surface area contributed by atoms with Gasteiger partial charge in [0.15, 0.2) is 5.78 Å². The number of rotatable bonds is 6. The molecule has 9 heteroatoms. The van der Waals surface area contributed by atoms with Gasteiger partial charge in [0.2, 0.25) is 5.95 Å². The zero-order valence-electron chi connectivity index (χ0n) is 17.7. The van der Waals surface area contributed by atoms with Crippen molar-refractivity contribution in [3.63, 3.8) is 0 Å². The number of methoxy groups -OCH3 is 1. The van der Waals surface area contributed by atoms with Gasteiger partial charge in [-0.2, -0.15) is 5.10 Å². The summed E-state index contributed by atoms with van der Waals surface area (Å²) in [6, 6.07) is 5.35. The Kier molecular flexibility index (Phi) is 5.93. The van der Waals surface area contributed by atoms with Crippen molar-refractivity contribution >= 4 is 29.0 Å². The van der Waals surface area contributed by atoms with Crippen LogP contribution in [0.4, 0.5) is 11.6 Å². The third-order valence-electron chi connectivity index (χ3n) is 5.58. The molecule has 162 valence electrons. The van der Waals surface area contributed by atoms with Gasteiger partial charge in [-0.25, -0.2) is 9.97 Å². The Morgan fingerprint density at radius 1 is 1.29 bits per heavy atom. The molecule has 1 N–H and O–H groups in total. The van der Waals surface area contributed by atoms with E-state index < -0.39 is 5.41 Å². The van der Waals surface area contributed by atoms with E-state index in [1.165, 1.54) is 6.20 Å². The molecule has 1 saturated heterocycles. The highest BCUT2D eigenvalue weighted by Crippen LogP contribution is 2.36. The van der Waals surface area contributed by atoms with E-state index >= 15 is 0 Å². The third-order valence-corrected chi connectivity index (χ3v) is 5.85. The van der Waals surface area contributed by atoms with Gasteiger partial charge < -0.3 is 14.8 Å². The summed E-state index contributed by atoms with van der Waals surface area (Å²) in [7, 11) is 3.39. The SMILES string of the molecule is COc1cc(C(=O)C2(C)CCOCC2)ccc1Nc1ncc(Cl)c(-c2cnn(C)c2)n1. The van der Waals surface area contributed by atoms with Gasteiger partial charge in [0.1, 0.15) is 5.75 Å². The van der Waals surface area contributed by atoms with Crippen molar-refractivity contribution in [2.45, 2.75) is 19.8 Å². The number of ether oxygens (including phenoxy) is 2. The number of nitrogens with zero attached hydrogens (tertiary/aromatic N) is 4. The molecule has 0 atom stereocenters. The molecule has 0 bridgehead atoms. The van der Waals surface area contributed by atoms with Crippen LogP contribution in [0, 0.1) is 5.41 Å². The second-order valence-corrected chi connectivity index (χ2v) is 8.24. The number of anilines is 2. The van der Waals surface area contributed by atoms with Crippen LogP contribution in [-0.4, -0.2) is 45.9 Å². The number of benzene rings is 1. The average molecular weight is 442 g/mol. The monoisotopic (exact) mass is 441 g/mol. The summed E-state index contributed by atoms with van der Waals surface area (Å²) < 4.78 is 12.6. The smallest absolute Gasteiger partial charge is 0.227 e. The van der Waals surface area contributed by atoms with Gasteiger partial charge in [0, 0.05) is 43.0 Å². The van der Waals surface area contributed by atoms with Crippen molar-refractivity contribution in [2.24, 2.45) is 12.5 Å². The predicted molar refractivity (Wildman–Crippen MR) is 118 cm³/mol. The Morgan fingerprint density at radius 3 is 2.74 bits per heavy atom. The molecular formula is C22H24ClN5O3. The maximum Gasteiger partial charge on any atom is 0.227 e. The van der Waals surface area contributed by atoms with E-state index in [1.54, 1.807) is 36.2 Å². The Balaban J connectivity index is 1.60. The van der Waals surface area contributed by atoms with Gasteiger partial charge in [-0.3, -0.25) is 9.48 Å². The molecule has 0 saturated carbocycles. The number of Topliss-reactive ketones (excluding diaryl/α,β-unsaturated/α-hetero) is 1. The maximum absolute atomic E-state index is 13.1. The van der Waals surface area contributed by atoms with Gasteiger partial charge in [0.25, 0.3) is 0 Å². The van der Waals surface area contributed by atoms with E-state index in [0.717, 1.165) is 5.56 Å². The first kappa shape index (κ1) is 21.3. The number of carbonyl (C=O) groups is 1. The molecule has 0 amide bonds. The van der Waals surface area contributed by atoms with Crippen LogP contribution in [0.2, 0.25) is 5.02 Å². The maximum atomic E-state index is 13.1. The summed E-state index contributed by atoms with van der Waals surface area (Å²) in [5.74, 6) is 0.988. The summed E-state index contributed by atoms with van der Waals surface area (Å²) in [4.78, 5) is 21.9. The zero-order valence-corrected chi connectivity index (χ0v) is 18.4. The fourth-order valence-corrected chi connectivity index (χ4v) is 3.83. The highest BCUT2D eigenvalue weighted by Gasteiger charge is 2.35. The molecule has 2 aromatic heterocycles. The summed E-state index contributed by atoms with van der Waals surface area (Å²) in [5.41, 5.74) is 2.20. The number of carbonyl (C=O) groups excluding carboxylic acids is 1. The van der Waals surface area contributed by atoms with Crippen LogP contribution in [0.15, 0.2) is 36.8 Å². The standard InChI is InChI=1S/C22H24ClN5O3/c1-22(6-8-31-9-7-22)20(29)14-4-5-17(18(10-14)30-3)26-21-24-12-16(23)19(27-21)15-11-25-28(2)13-15/h4-5,10-13H,6-9H2,1-3H3,(H,24,26,27). The van der Waals surface area contributed by atoms with Crippen molar-refractivity contribution in [3.8, 4) is 17.0 Å². The topological polar surface area (TPSA) is 91.2 Å². The van der Waals surface area contributed by atoms with E-state index in [4.69, 9.17) is 21.1 Å². The minimum absolute atomic E-state index is 0.0993. The highest BCUT2D eigenvalue weighted by atomic mass is 35.5. The highest BCUT2D eigenvalue weighted by molar-refractivity contribution is 6.32. The number of hydrogen-bond acceptors (Lipinski definition) is 7. The summed E-state index contributed by atoms with van der Waals surface area (Å²) >= 11 is 6.28. The molecule has 1 aliphatic rings. The van der Waals surface area contributed by atoms with Crippen LogP contribution >= 0.6 is 11.6 Å². The molecule has 1 fully saturated rings. The molecule has 31 heavy (non-hydrogen) atoms. The lowest BCUT2D eigenvalue weighted by Crippen LogP contribution is -2.34. The van der Waals surface area contributed by atoms with Crippen LogP contribution in [0.5, 0.6) is 5.75 Å². The van der Waals surface area contributed by atoms with Crippen molar-refractivity contribution in [3.05, 3.63) is 47.4 Å². The van der Waals surface area contributed by atoms with Gasteiger partial charge in [-0.05, 0) is 31.0 Å². The summed E-state index contributed by atoms with van der Waals surface area (Å²) in [5, 5.41) is 7.75. The third kappa shape index (κ3) is 4.40. The fraction of sp³-hybridized carbons (Fsp3) is 0.364. The Labute approximate surface area is 185 Å². The van der Waals surface area contributed by atoms with E-state index in [9.17, 15) is 4.79 Å². The zero-order chi connectivity index (χ0) is 22.0. The number of ketones is 1. The van der Waals surface area contributed by atoms with Gasteiger partial charge in [0.05, 0.1) is 35.9 Å². The van der Waals surface area contributed by atoms with Gasteiger partial charge in [-0.1, -0.05) is 18.5 Å². The van der Waals surface area contributed by atoms with Crippen molar-refractivity contribution in [1.82, 2.24) is 19.7 Å². The first-order valence-corrected chi connectivity index (χ1v) is 10.4. The van der Waals surface area contributed by atoms with Gasteiger partial charge >= 0.3 is 0 Å². The van der Waals surface area contributed by atoms with Crippen molar-refractivity contribution in [1.29, 1.82) is 0 Å². The lowest BCUT2D eigenvalue weighted by Gasteiger charge is -2.32. The molecule has 1 aromatic carbocycles. The Hall–Kier alpha value is -2.97. The summed E-state index contributed by atoms with van der Waals surface area (Å²) in [6.45, 7) is 3.20. The van der Waals surface area contributed by atoms with Crippen molar-refractivity contribution in [2.75, 3.05) is 25.6 Å². The molecule has 3 aromatic rings. The van der Waals surface area contributed by atoms with E-state index in [2.05, 4.69) is 20.4 Å². The van der Waals surface area contributed by atoms with Crippen LogP contribution in [0.3, 0.4) is 0 Å². The van der Waals surface area contributed by atoms with E-state index in [1.807, 2.05) is 20.2 Å². The molecule has 0 aliphatic carbocycles. The molecule has 8 nitrogen and oxygen atoms in total. The molecular weight excluding hydrogens is 418 g/mol. The number of aryl methyl sites for hydroxylation is 1. The predicted octanol–water partition coefficient (Wildman–Crippen LogP) is 4.28. The Morgan fingerprint density at radius 2 is 2.06 bits per heavy atom. The molecule has 0 spiro atoms. The van der Waals surface area contributed by atoms with E-state index in [0.29, 0.717) is 59.7 Å². The lowest BCUT2D eigenvalue weighted by molar-refractivity contribution is 0.0235. The number of nitrogens with one attached hydrogen (secondary N) is 1. The largest absolute Gasteiger partial charge is 0.495 e. The molecule has 3 heterocycles. The first-order valence-electron chi connectivity index (χ1n) is 9.99. The number of hydrogen-bond donors (Lipinski definition) is 1. The number of halogens is 1. The van der Waals surface area contributed by atoms with Crippen LogP contribution in [0.25, 0.3) is 11.3 Å². The molecule has 4 rings (SSSR count). The second kappa shape index (κ2) is 8.64. The second-order valence-electron chi connectivity index (χ2n) is 7.84.